The number of nitrogens with one attached hydrogen (secondary N) is 1. The van der Waals surface area contributed by atoms with Gasteiger partial charge in [0.2, 0.25) is 5.91 Å². The Labute approximate surface area is 180 Å². The number of nitrogens with zero attached hydrogens (tertiary/aromatic N) is 3. The van der Waals surface area contributed by atoms with Crippen LogP contribution in [0.25, 0.3) is 0 Å². The normalized spacial score (nSPS) is 26.7. The lowest BCUT2D eigenvalue weighted by molar-refractivity contribution is -0.127. The number of halogens is 1. The molecule has 3 saturated heterocycles. The molecular formula is C19H35IN4O3. The summed E-state index contributed by atoms with van der Waals surface area (Å²) in [4.78, 5) is 20.5. The van der Waals surface area contributed by atoms with Gasteiger partial charge in [0.15, 0.2) is 5.96 Å². The van der Waals surface area contributed by atoms with E-state index in [0.717, 1.165) is 64.2 Å². The summed E-state index contributed by atoms with van der Waals surface area (Å²) in [6.07, 6.45) is 6.04. The predicted octanol–water partition coefficient (Wildman–Crippen LogP) is 1.57. The van der Waals surface area contributed by atoms with Crippen molar-refractivity contribution in [3.8, 4) is 0 Å². The van der Waals surface area contributed by atoms with Gasteiger partial charge < -0.3 is 24.6 Å². The molecule has 7 nitrogen and oxygen atoms in total. The van der Waals surface area contributed by atoms with Crippen LogP contribution in [0.3, 0.4) is 0 Å². The van der Waals surface area contributed by atoms with E-state index in [0.29, 0.717) is 5.92 Å². The van der Waals surface area contributed by atoms with Gasteiger partial charge in [-0.2, -0.15) is 0 Å². The largest absolute Gasteiger partial charge is 0.381 e. The Balaban J connectivity index is 0.00000261. The third-order valence-corrected chi connectivity index (χ3v) is 5.83. The fourth-order valence-corrected chi connectivity index (χ4v) is 4.11. The summed E-state index contributed by atoms with van der Waals surface area (Å²) >= 11 is 0. The van der Waals surface area contributed by atoms with Gasteiger partial charge in [0.1, 0.15) is 6.54 Å². The lowest BCUT2D eigenvalue weighted by atomic mass is 9.85. The molecule has 2 atom stereocenters. The van der Waals surface area contributed by atoms with Gasteiger partial charge in [0.25, 0.3) is 0 Å². The van der Waals surface area contributed by atoms with E-state index >= 15 is 0 Å². The molecule has 156 valence electrons. The van der Waals surface area contributed by atoms with Gasteiger partial charge >= 0.3 is 0 Å². The summed E-state index contributed by atoms with van der Waals surface area (Å²) in [5.41, 5.74) is 0. The predicted molar refractivity (Wildman–Crippen MR) is 117 cm³/mol. The SMILES string of the molecule is CN(C)C(=O)CN=C(NCC1CCCO1)N1CCC(C2CCOCC2)C1.I. The number of guanidine groups is 1. The number of ether oxygens (including phenoxy) is 2. The summed E-state index contributed by atoms with van der Waals surface area (Å²) < 4.78 is 11.2. The molecule has 2 unspecified atom stereocenters. The summed E-state index contributed by atoms with van der Waals surface area (Å²) in [5.74, 6) is 2.36. The van der Waals surface area contributed by atoms with Crippen molar-refractivity contribution in [1.82, 2.24) is 15.1 Å². The molecule has 27 heavy (non-hydrogen) atoms. The maximum Gasteiger partial charge on any atom is 0.243 e. The molecule has 0 radical (unpaired) electrons. The molecule has 0 spiro atoms. The fourth-order valence-electron chi connectivity index (χ4n) is 4.11. The van der Waals surface area contributed by atoms with Crippen molar-refractivity contribution in [2.45, 2.75) is 38.2 Å². The molecule has 0 aliphatic carbocycles. The number of rotatable bonds is 5. The van der Waals surface area contributed by atoms with E-state index in [1.54, 1.807) is 19.0 Å². The zero-order valence-electron chi connectivity index (χ0n) is 16.7. The van der Waals surface area contributed by atoms with Crippen LogP contribution in [0.2, 0.25) is 0 Å². The maximum atomic E-state index is 12.0. The quantitative estimate of drug-likeness (QED) is 0.357. The number of carbonyl (C=O) groups is 1. The number of hydrogen-bond donors (Lipinski definition) is 1. The van der Waals surface area contributed by atoms with Crippen LogP contribution in [-0.2, 0) is 14.3 Å². The second-order valence-corrected chi connectivity index (χ2v) is 7.89. The third kappa shape index (κ3) is 6.74. The number of aliphatic imine (C=N–C) groups is 1. The minimum atomic E-state index is 0. The topological polar surface area (TPSA) is 66.4 Å². The zero-order chi connectivity index (χ0) is 18.4. The second kappa shape index (κ2) is 11.4. The smallest absolute Gasteiger partial charge is 0.243 e. The van der Waals surface area contributed by atoms with Crippen LogP contribution in [0.1, 0.15) is 32.1 Å². The molecule has 1 amide bonds. The zero-order valence-corrected chi connectivity index (χ0v) is 19.0. The number of hydrogen-bond acceptors (Lipinski definition) is 4. The van der Waals surface area contributed by atoms with Crippen LogP contribution in [0.4, 0.5) is 0 Å². The van der Waals surface area contributed by atoms with E-state index in [1.807, 2.05) is 0 Å². The molecule has 3 aliphatic rings. The highest BCUT2D eigenvalue weighted by Crippen LogP contribution is 2.31. The molecular weight excluding hydrogens is 459 g/mol. The minimum absolute atomic E-state index is 0. The van der Waals surface area contributed by atoms with E-state index in [9.17, 15) is 4.79 Å². The fraction of sp³-hybridized carbons (Fsp3) is 0.895. The average molecular weight is 494 g/mol. The Morgan fingerprint density at radius 2 is 1.93 bits per heavy atom. The first-order valence-corrected chi connectivity index (χ1v) is 10.1. The van der Waals surface area contributed by atoms with E-state index in [4.69, 9.17) is 9.47 Å². The number of likely N-dealkylation sites (N-methyl/N-ethyl adjacent to an activating group) is 1. The monoisotopic (exact) mass is 494 g/mol. The molecule has 0 aromatic rings. The van der Waals surface area contributed by atoms with Gasteiger partial charge in [-0.25, -0.2) is 4.99 Å². The molecule has 0 aromatic carbocycles. The van der Waals surface area contributed by atoms with Crippen LogP contribution in [-0.4, -0.2) is 87.9 Å². The molecule has 3 heterocycles. The Morgan fingerprint density at radius 1 is 1.15 bits per heavy atom. The molecule has 3 fully saturated rings. The van der Waals surface area contributed by atoms with Crippen molar-refractivity contribution in [2.24, 2.45) is 16.8 Å². The lowest BCUT2D eigenvalue weighted by Gasteiger charge is -2.28. The van der Waals surface area contributed by atoms with Crippen LogP contribution in [0, 0.1) is 11.8 Å². The Kier molecular flexibility index (Phi) is 9.58. The summed E-state index contributed by atoms with van der Waals surface area (Å²) in [5, 5.41) is 3.48. The van der Waals surface area contributed by atoms with Crippen molar-refractivity contribution in [1.29, 1.82) is 0 Å². The maximum absolute atomic E-state index is 12.0. The molecule has 0 aromatic heterocycles. The molecule has 3 rings (SSSR count). The standard InChI is InChI=1S/C19H34N4O3.HI/c1-22(2)18(24)13-21-19(20-12-17-4-3-9-26-17)23-8-5-16(14-23)15-6-10-25-11-7-15;/h15-17H,3-14H2,1-2H3,(H,20,21);1H. The van der Waals surface area contributed by atoms with Gasteiger partial charge in [-0.15, -0.1) is 24.0 Å². The van der Waals surface area contributed by atoms with Crippen molar-refractivity contribution < 1.29 is 14.3 Å². The summed E-state index contributed by atoms with van der Waals surface area (Å²) in [7, 11) is 3.54. The van der Waals surface area contributed by atoms with Crippen molar-refractivity contribution in [2.75, 3.05) is 60.1 Å². The third-order valence-electron chi connectivity index (χ3n) is 5.83. The Bertz CT molecular complexity index is 491. The van der Waals surface area contributed by atoms with E-state index in [1.165, 1.54) is 19.3 Å². The number of carbonyl (C=O) groups excluding carboxylic acids is 1. The Hall–Kier alpha value is -0.610. The first-order valence-electron chi connectivity index (χ1n) is 10.1. The van der Waals surface area contributed by atoms with E-state index < -0.39 is 0 Å². The molecule has 0 saturated carbocycles. The van der Waals surface area contributed by atoms with Crippen LogP contribution in [0.15, 0.2) is 4.99 Å². The molecule has 1 N–H and O–H groups in total. The van der Waals surface area contributed by atoms with Crippen molar-refractivity contribution in [3.05, 3.63) is 0 Å². The number of amides is 1. The summed E-state index contributed by atoms with van der Waals surface area (Å²) in [6.45, 7) is 5.65. The van der Waals surface area contributed by atoms with E-state index in [2.05, 4.69) is 15.2 Å². The van der Waals surface area contributed by atoms with Crippen LogP contribution >= 0.6 is 24.0 Å². The van der Waals surface area contributed by atoms with Gasteiger partial charge in [0.05, 0.1) is 6.10 Å². The molecule has 3 aliphatic heterocycles. The second-order valence-electron chi connectivity index (χ2n) is 7.89. The van der Waals surface area contributed by atoms with Gasteiger partial charge in [-0.1, -0.05) is 0 Å². The number of likely N-dealkylation sites (tertiary alicyclic amines) is 1. The van der Waals surface area contributed by atoms with Gasteiger partial charge in [0, 0.05) is 53.6 Å². The van der Waals surface area contributed by atoms with Crippen molar-refractivity contribution >= 4 is 35.8 Å². The summed E-state index contributed by atoms with van der Waals surface area (Å²) in [6, 6.07) is 0. The molecule has 8 heteroatoms. The van der Waals surface area contributed by atoms with Crippen LogP contribution < -0.4 is 5.32 Å². The first kappa shape index (κ1) is 22.7. The first-order chi connectivity index (χ1) is 12.6. The lowest BCUT2D eigenvalue weighted by Crippen LogP contribution is -2.44. The van der Waals surface area contributed by atoms with Gasteiger partial charge in [-0.05, 0) is 43.9 Å². The Morgan fingerprint density at radius 3 is 2.59 bits per heavy atom. The van der Waals surface area contributed by atoms with Gasteiger partial charge in [-0.3, -0.25) is 4.79 Å². The highest BCUT2D eigenvalue weighted by atomic mass is 127. The van der Waals surface area contributed by atoms with Crippen molar-refractivity contribution in [3.63, 3.8) is 0 Å². The highest BCUT2D eigenvalue weighted by molar-refractivity contribution is 14.0. The molecule has 0 bridgehead atoms. The minimum Gasteiger partial charge on any atom is -0.381 e. The highest BCUT2D eigenvalue weighted by Gasteiger charge is 2.32. The van der Waals surface area contributed by atoms with Crippen LogP contribution in [0.5, 0.6) is 0 Å². The average Bonchev–Trinajstić information content (AvgIpc) is 3.34. The van der Waals surface area contributed by atoms with E-state index in [-0.39, 0.29) is 42.5 Å².